The maximum atomic E-state index is 12.5. The van der Waals surface area contributed by atoms with Gasteiger partial charge in [0.05, 0.1) is 17.8 Å². The summed E-state index contributed by atoms with van der Waals surface area (Å²) in [5.74, 6) is -0.122. The van der Waals surface area contributed by atoms with Crippen LogP contribution in [0, 0.1) is 6.92 Å². The minimum absolute atomic E-state index is 0.122. The molecule has 0 spiro atoms. The molecule has 1 aromatic carbocycles. The van der Waals surface area contributed by atoms with Crippen molar-refractivity contribution in [3.63, 3.8) is 0 Å². The number of aliphatic hydroxyl groups excluding tert-OH is 1. The molecular weight excluding hydrogens is 296 g/mol. The SMILES string of the molecule is Cc1nc(-c2ccccc2)sc1C(=O)NC1CCCCC1O. The van der Waals surface area contributed by atoms with Gasteiger partial charge in [0.25, 0.3) is 5.91 Å². The van der Waals surface area contributed by atoms with Gasteiger partial charge < -0.3 is 10.4 Å². The first-order valence-corrected chi connectivity index (χ1v) is 8.48. The number of aromatic nitrogens is 1. The number of hydrogen-bond acceptors (Lipinski definition) is 4. The molecule has 1 aliphatic rings. The second kappa shape index (κ2) is 6.58. The average molecular weight is 316 g/mol. The number of rotatable bonds is 3. The summed E-state index contributed by atoms with van der Waals surface area (Å²) in [6.07, 6.45) is 3.27. The number of carbonyl (C=O) groups is 1. The number of carbonyl (C=O) groups excluding carboxylic acids is 1. The number of nitrogens with one attached hydrogen (secondary N) is 1. The minimum Gasteiger partial charge on any atom is -0.391 e. The fourth-order valence-corrected chi connectivity index (χ4v) is 3.80. The molecule has 3 rings (SSSR count). The molecule has 1 saturated carbocycles. The topological polar surface area (TPSA) is 62.2 Å². The Hall–Kier alpha value is -1.72. The lowest BCUT2D eigenvalue weighted by Crippen LogP contribution is -2.45. The Labute approximate surface area is 134 Å². The van der Waals surface area contributed by atoms with E-state index in [9.17, 15) is 9.90 Å². The van der Waals surface area contributed by atoms with Crippen LogP contribution >= 0.6 is 11.3 Å². The van der Waals surface area contributed by atoms with Gasteiger partial charge in [-0.05, 0) is 19.8 Å². The van der Waals surface area contributed by atoms with E-state index in [1.807, 2.05) is 37.3 Å². The molecular formula is C17H20N2O2S. The maximum Gasteiger partial charge on any atom is 0.263 e. The highest BCUT2D eigenvalue weighted by Gasteiger charge is 2.26. The normalized spacial score (nSPS) is 21.5. The summed E-state index contributed by atoms with van der Waals surface area (Å²) < 4.78 is 0. The van der Waals surface area contributed by atoms with Crippen molar-refractivity contribution >= 4 is 17.2 Å². The van der Waals surface area contributed by atoms with Crippen LogP contribution in [0.15, 0.2) is 30.3 Å². The summed E-state index contributed by atoms with van der Waals surface area (Å²) in [5, 5.41) is 13.8. The molecule has 116 valence electrons. The Morgan fingerprint density at radius 2 is 2.00 bits per heavy atom. The summed E-state index contributed by atoms with van der Waals surface area (Å²) in [5.41, 5.74) is 1.76. The van der Waals surface area contributed by atoms with E-state index >= 15 is 0 Å². The van der Waals surface area contributed by atoms with Crippen LogP contribution in [0.2, 0.25) is 0 Å². The Morgan fingerprint density at radius 1 is 1.27 bits per heavy atom. The molecule has 1 aliphatic carbocycles. The van der Waals surface area contributed by atoms with Crippen LogP contribution in [0.1, 0.15) is 41.0 Å². The number of hydrogen-bond donors (Lipinski definition) is 2. The Bertz CT molecular complexity index is 654. The summed E-state index contributed by atoms with van der Waals surface area (Å²) >= 11 is 1.41. The predicted octanol–water partition coefficient (Wildman–Crippen LogP) is 3.15. The van der Waals surface area contributed by atoms with Gasteiger partial charge in [-0.15, -0.1) is 11.3 Å². The molecule has 2 N–H and O–H groups in total. The molecule has 0 saturated heterocycles. The molecule has 22 heavy (non-hydrogen) atoms. The average Bonchev–Trinajstić information content (AvgIpc) is 2.92. The van der Waals surface area contributed by atoms with Gasteiger partial charge in [0.2, 0.25) is 0 Å². The van der Waals surface area contributed by atoms with Gasteiger partial charge in [-0.25, -0.2) is 4.98 Å². The number of thiazole rings is 1. The van der Waals surface area contributed by atoms with Crippen LogP contribution in [0.25, 0.3) is 10.6 Å². The minimum atomic E-state index is -0.431. The zero-order valence-corrected chi connectivity index (χ0v) is 13.4. The van der Waals surface area contributed by atoms with Crippen molar-refractivity contribution in [3.05, 3.63) is 40.9 Å². The molecule has 4 nitrogen and oxygen atoms in total. The van der Waals surface area contributed by atoms with Crippen molar-refractivity contribution in [1.82, 2.24) is 10.3 Å². The summed E-state index contributed by atoms with van der Waals surface area (Å²) in [6, 6.07) is 9.73. The van der Waals surface area contributed by atoms with Crippen LogP contribution in [-0.2, 0) is 0 Å². The van der Waals surface area contributed by atoms with Gasteiger partial charge in [-0.1, -0.05) is 43.2 Å². The number of amides is 1. The fourth-order valence-electron chi connectivity index (χ4n) is 2.82. The summed E-state index contributed by atoms with van der Waals surface area (Å²) in [4.78, 5) is 17.6. The highest BCUT2D eigenvalue weighted by molar-refractivity contribution is 7.17. The van der Waals surface area contributed by atoms with Gasteiger partial charge in [0, 0.05) is 5.56 Å². The lowest BCUT2D eigenvalue weighted by atomic mass is 9.92. The molecule has 5 heteroatoms. The smallest absolute Gasteiger partial charge is 0.263 e. The fraction of sp³-hybridized carbons (Fsp3) is 0.412. The third-order valence-electron chi connectivity index (χ3n) is 4.07. The van der Waals surface area contributed by atoms with Crippen LogP contribution in [-0.4, -0.2) is 28.1 Å². The van der Waals surface area contributed by atoms with Gasteiger partial charge in [-0.2, -0.15) is 0 Å². The first kappa shape index (κ1) is 15.2. The van der Waals surface area contributed by atoms with Crippen LogP contribution < -0.4 is 5.32 Å². The predicted molar refractivity (Wildman–Crippen MR) is 88.0 cm³/mol. The van der Waals surface area contributed by atoms with E-state index < -0.39 is 6.10 Å². The van der Waals surface area contributed by atoms with E-state index in [2.05, 4.69) is 10.3 Å². The van der Waals surface area contributed by atoms with E-state index in [0.717, 1.165) is 41.9 Å². The number of benzene rings is 1. The van der Waals surface area contributed by atoms with Crippen molar-refractivity contribution in [2.24, 2.45) is 0 Å². The zero-order valence-electron chi connectivity index (χ0n) is 12.6. The van der Waals surface area contributed by atoms with Crippen LogP contribution in [0.5, 0.6) is 0 Å². The molecule has 1 fully saturated rings. The number of aliphatic hydroxyl groups is 1. The second-order valence-electron chi connectivity index (χ2n) is 5.73. The van der Waals surface area contributed by atoms with Crippen molar-refractivity contribution in [3.8, 4) is 10.6 Å². The molecule has 1 aromatic heterocycles. The Balaban J connectivity index is 1.77. The van der Waals surface area contributed by atoms with E-state index in [-0.39, 0.29) is 11.9 Å². The lowest BCUT2D eigenvalue weighted by Gasteiger charge is -2.28. The highest BCUT2D eigenvalue weighted by atomic mass is 32.1. The van der Waals surface area contributed by atoms with E-state index in [4.69, 9.17) is 0 Å². The van der Waals surface area contributed by atoms with Gasteiger partial charge in [0.1, 0.15) is 9.88 Å². The third kappa shape index (κ3) is 3.20. The van der Waals surface area contributed by atoms with Crippen molar-refractivity contribution < 1.29 is 9.90 Å². The molecule has 1 heterocycles. The molecule has 2 atom stereocenters. The van der Waals surface area contributed by atoms with Crippen LogP contribution in [0.4, 0.5) is 0 Å². The molecule has 1 amide bonds. The van der Waals surface area contributed by atoms with E-state index in [0.29, 0.717) is 4.88 Å². The van der Waals surface area contributed by atoms with Gasteiger partial charge in [-0.3, -0.25) is 4.79 Å². The van der Waals surface area contributed by atoms with Crippen molar-refractivity contribution in [2.75, 3.05) is 0 Å². The second-order valence-corrected chi connectivity index (χ2v) is 6.73. The molecule has 0 aliphatic heterocycles. The molecule has 0 radical (unpaired) electrons. The molecule has 2 unspecified atom stereocenters. The van der Waals surface area contributed by atoms with Crippen molar-refractivity contribution in [2.45, 2.75) is 44.8 Å². The van der Waals surface area contributed by atoms with E-state index in [1.54, 1.807) is 0 Å². The number of aryl methyl sites for hydroxylation is 1. The van der Waals surface area contributed by atoms with Gasteiger partial charge in [0.15, 0.2) is 0 Å². The largest absolute Gasteiger partial charge is 0.391 e. The van der Waals surface area contributed by atoms with Crippen molar-refractivity contribution in [1.29, 1.82) is 0 Å². The van der Waals surface area contributed by atoms with Gasteiger partial charge >= 0.3 is 0 Å². The monoisotopic (exact) mass is 316 g/mol. The summed E-state index contributed by atoms with van der Waals surface area (Å²) in [7, 11) is 0. The highest BCUT2D eigenvalue weighted by Crippen LogP contribution is 2.28. The quantitative estimate of drug-likeness (QED) is 0.914. The lowest BCUT2D eigenvalue weighted by molar-refractivity contribution is 0.0719. The van der Waals surface area contributed by atoms with Crippen LogP contribution in [0.3, 0.4) is 0 Å². The molecule has 0 bridgehead atoms. The van der Waals surface area contributed by atoms with E-state index in [1.165, 1.54) is 11.3 Å². The summed E-state index contributed by atoms with van der Waals surface area (Å²) in [6.45, 7) is 1.86. The Morgan fingerprint density at radius 3 is 2.73 bits per heavy atom. The third-order valence-corrected chi connectivity index (χ3v) is 5.27. The maximum absolute atomic E-state index is 12.5. The number of nitrogens with zero attached hydrogens (tertiary/aromatic N) is 1. The standard InChI is InChI=1S/C17H20N2O2S/c1-11-15(16(21)19-13-9-5-6-10-14(13)20)22-17(18-11)12-7-3-2-4-8-12/h2-4,7-8,13-14,20H,5-6,9-10H2,1H3,(H,19,21). The first-order valence-electron chi connectivity index (χ1n) is 7.67. The Kier molecular flexibility index (Phi) is 4.55. The first-order chi connectivity index (χ1) is 10.6. The molecule has 2 aromatic rings. The zero-order chi connectivity index (χ0) is 15.5.